The van der Waals surface area contributed by atoms with Gasteiger partial charge in [-0.3, -0.25) is 0 Å². The third-order valence-electron chi connectivity index (χ3n) is 3.65. The van der Waals surface area contributed by atoms with Crippen molar-refractivity contribution in [3.63, 3.8) is 0 Å². The Kier molecular flexibility index (Phi) is 4.43. The van der Waals surface area contributed by atoms with Crippen molar-refractivity contribution < 1.29 is 0 Å². The summed E-state index contributed by atoms with van der Waals surface area (Å²) in [5, 5.41) is 4.07. The zero-order chi connectivity index (χ0) is 14.8. The first-order valence-corrected chi connectivity index (χ1v) is 8.43. The normalized spacial score (nSPS) is 17.3. The van der Waals surface area contributed by atoms with Crippen LogP contribution in [-0.4, -0.2) is 17.6 Å². The molecule has 110 valence electrons. The predicted octanol–water partition coefficient (Wildman–Crippen LogP) is 4.99. The van der Waals surface area contributed by atoms with Crippen molar-refractivity contribution in [3.05, 3.63) is 57.7 Å². The zero-order valence-corrected chi connectivity index (χ0v) is 14.0. The lowest BCUT2D eigenvalue weighted by Crippen LogP contribution is -2.33. The maximum absolute atomic E-state index is 6.43. The molecule has 2 nitrogen and oxygen atoms in total. The van der Waals surface area contributed by atoms with Crippen LogP contribution in [0, 0.1) is 0 Å². The molecule has 0 aliphatic carbocycles. The molecule has 1 atom stereocenters. The summed E-state index contributed by atoms with van der Waals surface area (Å²) in [7, 11) is 0. The highest BCUT2D eigenvalue weighted by atomic mass is 35.5. The Labute approximate surface area is 139 Å². The van der Waals surface area contributed by atoms with Gasteiger partial charge >= 0.3 is 0 Å². The number of rotatable bonds is 4. The van der Waals surface area contributed by atoms with Gasteiger partial charge in [-0.15, -0.1) is 11.3 Å². The van der Waals surface area contributed by atoms with E-state index in [4.69, 9.17) is 23.2 Å². The van der Waals surface area contributed by atoms with Crippen LogP contribution < -0.4 is 5.32 Å². The van der Waals surface area contributed by atoms with Gasteiger partial charge in [0, 0.05) is 28.8 Å². The third kappa shape index (κ3) is 3.37. The van der Waals surface area contributed by atoms with E-state index in [2.05, 4.69) is 35.5 Å². The van der Waals surface area contributed by atoms with Gasteiger partial charge in [-0.2, -0.15) is 0 Å². The fourth-order valence-electron chi connectivity index (χ4n) is 2.39. The van der Waals surface area contributed by atoms with Crippen LogP contribution in [0.5, 0.6) is 0 Å². The quantitative estimate of drug-likeness (QED) is 0.844. The Balaban J connectivity index is 1.71. The Hall–Kier alpha value is -1.16. The van der Waals surface area contributed by atoms with Gasteiger partial charge in [0.1, 0.15) is 0 Å². The van der Waals surface area contributed by atoms with Crippen LogP contribution in [0.25, 0.3) is 10.4 Å². The fraction of sp³-hybridized carbons (Fsp3) is 0.250. The molecule has 21 heavy (non-hydrogen) atoms. The molecule has 1 aliphatic rings. The SMILES string of the molecule is CC1NC=CN1CCc1ccc(-c2ccc(Cl)s2)cc1Cl. The number of hydrogen-bond acceptors (Lipinski definition) is 3. The molecule has 1 N–H and O–H groups in total. The second-order valence-corrected chi connectivity index (χ2v) is 7.18. The van der Waals surface area contributed by atoms with Gasteiger partial charge in [-0.25, -0.2) is 0 Å². The molecule has 1 unspecified atom stereocenters. The van der Waals surface area contributed by atoms with Crippen molar-refractivity contribution in [2.45, 2.75) is 19.5 Å². The molecule has 5 heteroatoms. The van der Waals surface area contributed by atoms with E-state index in [0.29, 0.717) is 6.17 Å². The summed E-state index contributed by atoms with van der Waals surface area (Å²) in [6.45, 7) is 3.10. The highest BCUT2D eigenvalue weighted by Crippen LogP contribution is 2.33. The van der Waals surface area contributed by atoms with Gasteiger partial charge in [-0.1, -0.05) is 35.3 Å². The molecule has 1 aliphatic heterocycles. The van der Waals surface area contributed by atoms with Crippen molar-refractivity contribution in [1.82, 2.24) is 10.2 Å². The molecule has 0 saturated heterocycles. The molecular weight excluding hydrogens is 323 g/mol. The van der Waals surface area contributed by atoms with Gasteiger partial charge in [-0.05, 0) is 42.7 Å². The van der Waals surface area contributed by atoms with Crippen LogP contribution in [0.4, 0.5) is 0 Å². The molecule has 0 amide bonds. The number of thiophene rings is 1. The van der Waals surface area contributed by atoms with E-state index in [1.165, 1.54) is 5.56 Å². The molecule has 0 saturated carbocycles. The summed E-state index contributed by atoms with van der Waals surface area (Å²) in [6, 6.07) is 10.2. The lowest BCUT2D eigenvalue weighted by Gasteiger charge is -2.22. The number of halogens is 2. The third-order valence-corrected chi connectivity index (χ3v) is 5.28. The molecule has 0 fully saturated rings. The molecular formula is C16H16Cl2N2S. The first kappa shape index (κ1) is 14.8. The molecule has 2 heterocycles. The highest BCUT2D eigenvalue weighted by molar-refractivity contribution is 7.19. The minimum absolute atomic E-state index is 0.358. The Morgan fingerprint density at radius 1 is 1.24 bits per heavy atom. The average molecular weight is 339 g/mol. The predicted molar refractivity (Wildman–Crippen MR) is 91.9 cm³/mol. The zero-order valence-electron chi connectivity index (χ0n) is 11.6. The Morgan fingerprint density at radius 2 is 2.10 bits per heavy atom. The molecule has 1 aromatic heterocycles. The molecule has 0 radical (unpaired) electrons. The summed E-state index contributed by atoms with van der Waals surface area (Å²) in [4.78, 5) is 3.41. The highest BCUT2D eigenvalue weighted by Gasteiger charge is 2.13. The van der Waals surface area contributed by atoms with E-state index in [9.17, 15) is 0 Å². The van der Waals surface area contributed by atoms with Crippen molar-refractivity contribution in [2.24, 2.45) is 0 Å². The standard InChI is InChI=1S/C16H16Cl2N2S/c1-11-19-7-9-20(11)8-6-12-2-3-13(10-14(12)17)15-4-5-16(18)21-15/h2-5,7,9-11,19H,6,8H2,1H3. The summed E-state index contributed by atoms with van der Waals surface area (Å²) in [6.07, 6.45) is 5.35. The smallest absolute Gasteiger partial charge is 0.0952 e. The molecule has 0 bridgehead atoms. The lowest BCUT2D eigenvalue weighted by atomic mass is 10.1. The van der Waals surface area contributed by atoms with E-state index in [1.54, 1.807) is 11.3 Å². The van der Waals surface area contributed by atoms with E-state index in [0.717, 1.165) is 32.8 Å². The summed E-state index contributed by atoms with van der Waals surface area (Å²) in [5.41, 5.74) is 2.30. The van der Waals surface area contributed by atoms with Gasteiger partial charge in [0.05, 0.1) is 10.5 Å². The van der Waals surface area contributed by atoms with Crippen LogP contribution in [-0.2, 0) is 6.42 Å². The largest absolute Gasteiger partial charge is 0.370 e. The minimum atomic E-state index is 0.358. The molecule has 3 rings (SSSR count). The van der Waals surface area contributed by atoms with Gasteiger partial charge < -0.3 is 10.2 Å². The summed E-state index contributed by atoms with van der Waals surface area (Å²) >= 11 is 14.0. The van der Waals surface area contributed by atoms with Crippen LogP contribution in [0.2, 0.25) is 9.36 Å². The number of benzene rings is 1. The van der Waals surface area contributed by atoms with E-state index >= 15 is 0 Å². The van der Waals surface area contributed by atoms with Gasteiger partial charge in [0.15, 0.2) is 0 Å². The van der Waals surface area contributed by atoms with E-state index in [-0.39, 0.29) is 0 Å². The van der Waals surface area contributed by atoms with Crippen LogP contribution in [0.1, 0.15) is 12.5 Å². The summed E-state index contributed by atoms with van der Waals surface area (Å²) < 4.78 is 0.799. The molecule has 0 spiro atoms. The van der Waals surface area contributed by atoms with Crippen LogP contribution in [0.3, 0.4) is 0 Å². The van der Waals surface area contributed by atoms with Crippen LogP contribution >= 0.6 is 34.5 Å². The number of nitrogens with zero attached hydrogens (tertiary/aromatic N) is 1. The Morgan fingerprint density at radius 3 is 2.71 bits per heavy atom. The second-order valence-electron chi connectivity index (χ2n) is 5.06. The topological polar surface area (TPSA) is 15.3 Å². The molecule has 1 aromatic carbocycles. The van der Waals surface area contributed by atoms with Crippen molar-refractivity contribution in [1.29, 1.82) is 0 Å². The minimum Gasteiger partial charge on any atom is -0.370 e. The van der Waals surface area contributed by atoms with Crippen LogP contribution in [0.15, 0.2) is 42.7 Å². The molecule has 2 aromatic rings. The maximum atomic E-state index is 6.43. The average Bonchev–Trinajstić information content (AvgIpc) is 3.06. The first-order chi connectivity index (χ1) is 10.1. The fourth-order valence-corrected chi connectivity index (χ4v) is 3.71. The second kappa shape index (κ2) is 6.30. The van der Waals surface area contributed by atoms with Crippen molar-refractivity contribution in [3.8, 4) is 10.4 Å². The van der Waals surface area contributed by atoms with Gasteiger partial charge in [0.25, 0.3) is 0 Å². The van der Waals surface area contributed by atoms with E-state index in [1.807, 2.05) is 24.4 Å². The Bertz CT molecular complexity index is 666. The van der Waals surface area contributed by atoms with E-state index < -0.39 is 0 Å². The van der Waals surface area contributed by atoms with Gasteiger partial charge in [0.2, 0.25) is 0 Å². The number of hydrogen-bond donors (Lipinski definition) is 1. The lowest BCUT2D eigenvalue weighted by molar-refractivity contribution is 0.301. The number of nitrogens with one attached hydrogen (secondary N) is 1. The first-order valence-electron chi connectivity index (χ1n) is 6.86. The summed E-state index contributed by atoms with van der Waals surface area (Å²) in [5.74, 6) is 0. The van der Waals surface area contributed by atoms with Crippen molar-refractivity contribution >= 4 is 34.5 Å². The monoisotopic (exact) mass is 338 g/mol. The van der Waals surface area contributed by atoms with Crippen molar-refractivity contribution in [2.75, 3.05) is 6.54 Å². The maximum Gasteiger partial charge on any atom is 0.0952 e.